The predicted molar refractivity (Wildman–Crippen MR) is 114 cm³/mol. The Labute approximate surface area is 169 Å². The minimum atomic E-state index is -0.219. The van der Waals surface area contributed by atoms with Gasteiger partial charge in [-0.15, -0.1) is 11.8 Å². The Kier molecular flexibility index (Phi) is 4.07. The number of para-hydroxylation sites is 1. The van der Waals surface area contributed by atoms with Gasteiger partial charge in [-0.05, 0) is 36.8 Å². The summed E-state index contributed by atoms with van der Waals surface area (Å²) in [5, 5.41) is 1.93. The first kappa shape index (κ1) is 17.0. The Morgan fingerprint density at radius 3 is 2.85 bits per heavy atom. The number of nitrogens with zero attached hydrogens (tertiary/aromatic N) is 3. The van der Waals surface area contributed by atoms with E-state index in [2.05, 4.69) is 18.0 Å². The maximum atomic E-state index is 12.7. The molecule has 3 heterocycles. The molecule has 5 rings (SSSR count). The Bertz CT molecular complexity index is 1210. The quantitative estimate of drug-likeness (QED) is 0.403. The Morgan fingerprint density at radius 1 is 1.11 bits per heavy atom. The van der Waals surface area contributed by atoms with Crippen LogP contribution in [0.1, 0.15) is 16.5 Å². The van der Waals surface area contributed by atoms with E-state index < -0.39 is 0 Å². The molecular weight excluding hydrogens is 398 g/mol. The molecule has 1 atom stereocenters. The van der Waals surface area contributed by atoms with Crippen LogP contribution in [0.4, 0.5) is 5.13 Å². The van der Waals surface area contributed by atoms with Crippen molar-refractivity contribution in [1.29, 1.82) is 0 Å². The third-order valence-electron chi connectivity index (χ3n) is 4.58. The lowest BCUT2D eigenvalue weighted by Gasteiger charge is -2.22. The van der Waals surface area contributed by atoms with E-state index in [0.29, 0.717) is 16.0 Å². The number of halogens is 1. The van der Waals surface area contributed by atoms with E-state index in [-0.39, 0.29) is 11.3 Å². The number of pyridine rings is 1. The zero-order valence-electron chi connectivity index (χ0n) is 14.3. The Hall–Kier alpha value is -2.15. The second kappa shape index (κ2) is 6.48. The van der Waals surface area contributed by atoms with Crippen molar-refractivity contribution in [3.8, 4) is 0 Å². The highest BCUT2D eigenvalue weighted by molar-refractivity contribution is 8.00. The maximum Gasteiger partial charge on any atom is 0.240 e. The van der Waals surface area contributed by atoms with Crippen molar-refractivity contribution in [2.24, 2.45) is 0 Å². The zero-order valence-corrected chi connectivity index (χ0v) is 16.7. The van der Waals surface area contributed by atoms with Gasteiger partial charge in [0.15, 0.2) is 5.13 Å². The molecule has 2 aromatic carbocycles. The van der Waals surface area contributed by atoms with Gasteiger partial charge in [-0.3, -0.25) is 9.69 Å². The van der Waals surface area contributed by atoms with Crippen molar-refractivity contribution < 1.29 is 4.79 Å². The molecule has 134 valence electrons. The molecule has 1 saturated heterocycles. The predicted octanol–water partition coefficient (Wildman–Crippen LogP) is 5.58. The SMILES string of the molecule is Cc1ccc2nc(N3C(=O)CSC3c3cc4ccccc4nc3Cl)sc2c1. The summed E-state index contributed by atoms with van der Waals surface area (Å²) in [6, 6.07) is 16.0. The van der Waals surface area contributed by atoms with Crippen LogP contribution in [0.25, 0.3) is 21.1 Å². The second-order valence-corrected chi connectivity index (χ2v) is 8.89. The van der Waals surface area contributed by atoms with Crippen LogP contribution >= 0.6 is 34.7 Å². The highest BCUT2D eigenvalue weighted by Gasteiger charge is 2.37. The summed E-state index contributed by atoms with van der Waals surface area (Å²) in [5.74, 6) is 0.452. The molecule has 0 bridgehead atoms. The van der Waals surface area contributed by atoms with Crippen molar-refractivity contribution >= 4 is 66.9 Å². The van der Waals surface area contributed by atoms with Gasteiger partial charge in [-0.2, -0.15) is 0 Å². The van der Waals surface area contributed by atoms with Crippen molar-refractivity contribution in [1.82, 2.24) is 9.97 Å². The lowest BCUT2D eigenvalue weighted by Crippen LogP contribution is -2.27. The summed E-state index contributed by atoms with van der Waals surface area (Å²) in [5.41, 5.74) is 3.79. The summed E-state index contributed by atoms with van der Waals surface area (Å²) in [6.45, 7) is 2.05. The van der Waals surface area contributed by atoms with Crippen LogP contribution in [0.15, 0.2) is 48.5 Å². The fraction of sp³-hybridized carbons (Fsp3) is 0.150. The summed E-state index contributed by atoms with van der Waals surface area (Å²) in [6.07, 6.45) is 0. The smallest absolute Gasteiger partial charge is 0.240 e. The van der Waals surface area contributed by atoms with Gasteiger partial charge in [0.25, 0.3) is 0 Å². The van der Waals surface area contributed by atoms with Gasteiger partial charge in [-0.1, -0.05) is 47.2 Å². The number of benzene rings is 2. The second-order valence-electron chi connectivity index (χ2n) is 6.46. The van der Waals surface area contributed by atoms with Crippen LogP contribution < -0.4 is 4.90 Å². The molecule has 1 amide bonds. The lowest BCUT2D eigenvalue weighted by molar-refractivity contribution is -0.115. The normalized spacial score (nSPS) is 17.3. The number of thioether (sulfide) groups is 1. The molecule has 4 aromatic rings. The molecule has 0 aliphatic carbocycles. The minimum Gasteiger partial charge on any atom is -0.273 e. The van der Waals surface area contributed by atoms with Gasteiger partial charge < -0.3 is 0 Å². The first-order valence-electron chi connectivity index (χ1n) is 8.46. The van der Waals surface area contributed by atoms with Gasteiger partial charge in [-0.25, -0.2) is 9.97 Å². The van der Waals surface area contributed by atoms with E-state index in [0.717, 1.165) is 26.7 Å². The number of rotatable bonds is 2. The van der Waals surface area contributed by atoms with Crippen LogP contribution in [-0.2, 0) is 4.79 Å². The van der Waals surface area contributed by atoms with E-state index in [4.69, 9.17) is 16.6 Å². The molecule has 2 aromatic heterocycles. The van der Waals surface area contributed by atoms with Gasteiger partial charge in [0.1, 0.15) is 10.5 Å². The minimum absolute atomic E-state index is 0.0463. The van der Waals surface area contributed by atoms with Crippen LogP contribution in [0, 0.1) is 6.92 Å². The van der Waals surface area contributed by atoms with Crippen molar-refractivity contribution in [2.45, 2.75) is 12.3 Å². The molecule has 1 aliphatic heterocycles. The van der Waals surface area contributed by atoms with E-state index in [1.165, 1.54) is 16.9 Å². The lowest BCUT2D eigenvalue weighted by atomic mass is 10.1. The number of carbonyl (C=O) groups excluding carboxylic acids is 1. The van der Waals surface area contributed by atoms with Gasteiger partial charge in [0, 0.05) is 10.9 Å². The molecule has 0 radical (unpaired) electrons. The molecule has 4 nitrogen and oxygen atoms in total. The standard InChI is InChI=1S/C20H14ClN3OS2/c1-11-6-7-15-16(8-11)27-20(23-15)24-17(25)10-26-19(24)13-9-12-4-2-3-5-14(12)22-18(13)21/h2-9,19H,10H2,1H3. The fourth-order valence-electron chi connectivity index (χ4n) is 3.27. The number of aromatic nitrogens is 2. The summed E-state index contributed by atoms with van der Waals surface area (Å²) in [4.78, 5) is 23.7. The Balaban J connectivity index is 1.63. The first-order valence-corrected chi connectivity index (χ1v) is 10.7. The molecule has 1 fully saturated rings. The fourth-order valence-corrected chi connectivity index (χ4v) is 5.92. The van der Waals surface area contributed by atoms with Gasteiger partial charge >= 0.3 is 0 Å². The molecule has 1 unspecified atom stereocenters. The van der Waals surface area contributed by atoms with Crippen LogP contribution in [0.3, 0.4) is 0 Å². The first-order chi connectivity index (χ1) is 13.1. The number of anilines is 1. The van der Waals surface area contributed by atoms with Crippen molar-refractivity contribution in [3.05, 3.63) is 64.8 Å². The number of hydrogen-bond donors (Lipinski definition) is 0. The molecule has 1 aliphatic rings. The molecule has 0 N–H and O–H groups in total. The third kappa shape index (κ3) is 2.88. The van der Waals surface area contributed by atoms with Crippen molar-refractivity contribution in [3.63, 3.8) is 0 Å². The molecule has 7 heteroatoms. The highest BCUT2D eigenvalue weighted by Crippen LogP contribution is 2.46. The molecule has 0 spiro atoms. The number of amides is 1. The van der Waals surface area contributed by atoms with Crippen molar-refractivity contribution in [2.75, 3.05) is 10.7 Å². The topological polar surface area (TPSA) is 46.1 Å². The zero-order chi connectivity index (χ0) is 18.5. The van der Waals surface area contributed by atoms with Crippen LogP contribution in [0.2, 0.25) is 5.15 Å². The highest BCUT2D eigenvalue weighted by atomic mass is 35.5. The number of aryl methyl sites for hydroxylation is 1. The average Bonchev–Trinajstić information content (AvgIpc) is 3.23. The summed E-state index contributed by atoms with van der Waals surface area (Å²) in [7, 11) is 0. The molecule has 0 saturated carbocycles. The third-order valence-corrected chi connectivity index (χ3v) is 7.09. The number of fused-ring (bicyclic) bond motifs is 2. The molecule has 27 heavy (non-hydrogen) atoms. The number of thiazole rings is 1. The largest absolute Gasteiger partial charge is 0.273 e. The van der Waals surface area contributed by atoms with Gasteiger partial charge in [0.05, 0.1) is 21.5 Å². The molecular formula is C20H14ClN3OS2. The monoisotopic (exact) mass is 411 g/mol. The number of carbonyl (C=O) groups is 1. The van der Waals surface area contributed by atoms with E-state index in [1.54, 1.807) is 16.7 Å². The van der Waals surface area contributed by atoms with Gasteiger partial charge in [0.2, 0.25) is 5.91 Å². The maximum absolute atomic E-state index is 12.7. The van der Waals surface area contributed by atoms with E-state index >= 15 is 0 Å². The summed E-state index contributed by atoms with van der Waals surface area (Å²) < 4.78 is 1.08. The number of hydrogen-bond acceptors (Lipinski definition) is 5. The van der Waals surface area contributed by atoms with Crippen LogP contribution in [0.5, 0.6) is 0 Å². The Morgan fingerprint density at radius 2 is 1.96 bits per heavy atom. The van der Waals surface area contributed by atoms with Crippen LogP contribution in [-0.4, -0.2) is 21.6 Å². The van der Waals surface area contributed by atoms with E-state index in [9.17, 15) is 4.79 Å². The average molecular weight is 412 g/mol. The van der Waals surface area contributed by atoms with E-state index in [1.807, 2.05) is 42.5 Å². The summed E-state index contributed by atoms with van der Waals surface area (Å²) >= 11 is 9.60.